The lowest BCUT2D eigenvalue weighted by molar-refractivity contribution is 0.0926. The second-order valence-corrected chi connectivity index (χ2v) is 4.43. The van der Waals surface area contributed by atoms with E-state index < -0.39 is 0 Å². The molecule has 0 amide bonds. The Morgan fingerprint density at radius 1 is 0.900 bits per heavy atom. The normalized spacial score (nSPS) is 10.7. The Kier molecular flexibility index (Phi) is 3.58. The number of nitrogens with zero attached hydrogens (tertiary/aromatic N) is 2. The number of hydrogen-bond donors (Lipinski definition) is 1. The van der Waals surface area contributed by atoms with Crippen LogP contribution in [0.3, 0.4) is 0 Å². The van der Waals surface area contributed by atoms with E-state index in [1.165, 1.54) is 5.17 Å². The Balaban J connectivity index is 1.70. The topological polar surface area (TPSA) is 51.4 Å². The first kappa shape index (κ1) is 12.6. The summed E-state index contributed by atoms with van der Waals surface area (Å²) in [6.45, 7) is 0.330. The van der Waals surface area contributed by atoms with Crippen molar-refractivity contribution in [3.05, 3.63) is 72.4 Å². The van der Waals surface area contributed by atoms with Crippen LogP contribution in [0.1, 0.15) is 5.69 Å². The van der Waals surface area contributed by atoms with Crippen LogP contribution in [-0.4, -0.2) is 4.98 Å². The lowest BCUT2D eigenvalue weighted by atomic mass is 10.2. The molecule has 4 nitrogen and oxygen atoms in total. The Hall–Kier alpha value is -2.43. The number of aromatic nitrogens is 1. The number of hydrazine groups is 1. The van der Waals surface area contributed by atoms with Crippen LogP contribution in [0.5, 0.6) is 0 Å². The van der Waals surface area contributed by atoms with Gasteiger partial charge in [-0.25, -0.2) is 5.84 Å². The van der Waals surface area contributed by atoms with E-state index in [0.29, 0.717) is 6.61 Å². The van der Waals surface area contributed by atoms with Gasteiger partial charge < -0.3 is 0 Å². The van der Waals surface area contributed by atoms with Crippen molar-refractivity contribution in [2.24, 2.45) is 5.84 Å². The first-order valence-electron chi connectivity index (χ1n) is 6.40. The summed E-state index contributed by atoms with van der Waals surface area (Å²) in [6.07, 6.45) is 0. The van der Waals surface area contributed by atoms with Gasteiger partial charge >= 0.3 is 0 Å². The van der Waals surface area contributed by atoms with Crippen LogP contribution in [0.25, 0.3) is 10.9 Å². The molecule has 2 N–H and O–H groups in total. The van der Waals surface area contributed by atoms with Gasteiger partial charge in [-0.3, -0.25) is 9.82 Å². The predicted molar refractivity (Wildman–Crippen MR) is 79.6 cm³/mol. The summed E-state index contributed by atoms with van der Waals surface area (Å²) in [5, 5.41) is 2.38. The Bertz CT molecular complexity index is 700. The third-order valence-corrected chi connectivity index (χ3v) is 3.02. The molecule has 1 aromatic heterocycles. The number of benzene rings is 2. The third kappa shape index (κ3) is 2.77. The minimum Gasteiger partial charge on any atom is -0.252 e. The van der Waals surface area contributed by atoms with E-state index >= 15 is 0 Å². The maximum absolute atomic E-state index is 5.84. The van der Waals surface area contributed by atoms with Gasteiger partial charge in [0.2, 0.25) is 0 Å². The number of hydrogen-bond acceptors (Lipinski definition) is 4. The molecule has 0 spiro atoms. The number of para-hydroxylation sites is 2. The van der Waals surface area contributed by atoms with Crippen molar-refractivity contribution >= 4 is 16.6 Å². The predicted octanol–water partition coefficient (Wildman–Crippen LogP) is 3.05. The fourth-order valence-electron chi connectivity index (χ4n) is 1.97. The molecule has 0 bridgehead atoms. The summed E-state index contributed by atoms with van der Waals surface area (Å²) in [7, 11) is 0. The molecule has 0 aliphatic rings. The summed E-state index contributed by atoms with van der Waals surface area (Å²) in [5.74, 6) is 5.84. The zero-order valence-corrected chi connectivity index (χ0v) is 10.9. The van der Waals surface area contributed by atoms with Crippen molar-refractivity contribution in [1.82, 2.24) is 4.98 Å². The molecule has 0 aliphatic heterocycles. The van der Waals surface area contributed by atoms with E-state index in [1.807, 2.05) is 66.7 Å². The van der Waals surface area contributed by atoms with Crippen LogP contribution in [0, 0.1) is 0 Å². The second kappa shape index (κ2) is 5.69. The molecule has 1 heterocycles. The zero-order chi connectivity index (χ0) is 13.8. The van der Waals surface area contributed by atoms with Crippen LogP contribution < -0.4 is 11.0 Å². The first-order valence-corrected chi connectivity index (χ1v) is 6.40. The fourth-order valence-corrected chi connectivity index (χ4v) is 1.97. The molecule has 3 aromatic rings. The molecular weight excluding hydrogens is 250 g/mol. The quantitative estimate of drug-likeness (QED) is 0.582. The molecule has 0 atom stereocenters. The lowest BCUT2D eigenvalue weighted by Crippen LogP contribution is -2.30. The molecule has 3 rings (SSSR count). The highest BCUT2D eigenvalue weighted by Gasteiger charge is 2.03. The van der Waals surface area contributed by atoms with Crippen LogP contribution >= 0.6 is 0 Å². The summed E-state index contributed by atoms with van der Waals surface area (Å²) >= 11 is 0. The van der Waals surface area contributed by atoms with E-state index in [2.05, 4.69) is 4.98 Å². The van der Waals surface area contributed by atoms with Crippen molar-refractivity contribution in [2.45, 2.75) is 6.61 Å². The van der Waals surface area contributed by atoms with Gasteiger partial charge in [0.15, 0.2) is 0 Å². The van der Waals surface area contributed by atoms with E-state index in [4.69, 9.17) is 10.7 Å². The van der Waals surface area contributed by atoms with Crippen LogP contribution in [-0.2, 0) is 11.4 Å². The lowest BCUT2D eigenvalue weighted by Gasteiger charge is -2.17. The zero-order valence-electron chi connectivity index (χ0n) is 10.9. The molecule has 0 saturated heterocycles. The van der Waals surface area contributed by atoms with Crippen molar-refractivity contribution in [3.8, 4) is 0 Å². The standard InChI is InChI=1S/C16H15N3O/c17-19(15-7-2-1-3-8-15)20-12-14-11-10-13-6-4-5-9-16(13)18-14/h1-11H,12,17H2. The highest BCUT2D eigenvalue weighted by molar-refractivity contribution is 5.78. The van der Waals surface area contributed by atoms with Crippen LogP contribution in [0.4, 0.5) is 5.69 Å². The van der Waals surface area contributed by atoms with E-state index in [9.17, 15) is 0 Å². The van der Waals surface area contributed by atoms with Gasteiger partial charge in [-0.1, -0.05) is 42.5 Å². The van der Waals surface area contributed by atoms with E-state index in [1.54, 1.807) is 0 Å². The third-order valence-electron chi connectivity index (χ3n) is 3.02. The smallest absolute Gasteiger partial charge is 0.119 e. The van der Waals surface area contributed by atoms with Gasteiger partial charge in [0, 0.05) is 5.39 Å². The van der Waals surface area contributed by atoms with Gasteiger partial charge in [-0.05, 0) is 24.3 Å². The maximum Gasteiger partial charge on any atom is 0.119 e. The van der Waals surface area contributed by atoms with Crippen molar-refractivity contribution < 1.29 is 4.84 Å². The fraction of sp³-hybridized carbons (Fsp3) is 0.0625. The molecule has 4 heteroatoms. The SMILES string of the molecule is NN(OCc1ccc2ccccc2n1)c1ccccc1. The molecule has 0 fully saturated rings. The van der Waals surface area contributed by atoms with Gasteiger partial charge in [-0.2, -0.15) is 5.17 Å². The maximum atomic E-state index is 5.84. The largest absolute Gasteiger partial charge is 0.252 e. The number of rotatable bonds is 4. The molecule has 2 aromatic carbocycles. The molecule has 0 radical (unpaired) electrons. The van der Waals surface area contributed by atoms with Gasteiger partial charge in [0.1, 0.15) is 6.61 Å². The molecular formula is C16H15N3O. The van der Waals surface area contributed by atoms with Crippen molar-refractivity contribution in [1.29, 1.82) is 0 Å². The molecule has 100 valence electrons. The molecule has 0 aliphatic carbocycles. The summed E-state index contributed by atoms with van der Waals surface area (Å²) in [5.41, 5.74) is 2.60. The minimum absolute atomic E-state index is 0.330. The Morgan fingerprint density at radius 2 is 1.65 bits per heavy atom. The van der Waals surface area contributed by atoms with E-state index in [0.717, 1.165) is 22.3 Å². The molecule has 0 saturated carbocycles. The summed E-state index contributed by atoms with van der Waals surface area (Å²) in [6, 6.07) is 21.5. The van der Waals surface area contributed by atoms with Crippen LogP contribution in [0.2, 0.25) is 0 Å². The number of anilines is 1. The monoisotopic (exact) mass is 265 g/mol. The average molecular weight is 265 g/mol. The molecule has 20 heavy (non-hydrogen) atoms. The number of fused-ring (bicyclic) bond motifs is 1. The Labute approximate surface area is 117 Å². The number of nitrogens with two attached hydrogens (primary N) is 1. The van der Waals surface area contributed by atoms with Crippen LogP contribution in [0.15, 0.2) is 66.7 Å². The van der Waals surface area contributed by atoms with E-state index in [-0.39, 0.29) is 0 Å². The van der Waals surface area contributed by atoms with Gasteiger partial charge in [0.25, 0.3) is 0 Å². The summed E-state index contributed by atoms with van der Waals surface area (Å²) in [4.78, 5) is 10.0. The highest BCUT2D eigenvalue weighted by atomic mass is 16.7. The first-order chi connectivity index (χ1) is 9.83. The van der Waals surface area contributed by atoms with Crippen molar-refractivity contribution in [3.63, 3.8) is 0 Å². The Morgan fingerprint density at radius 3 is 2.50 bits per heavy atom. The van der Waals surface area contributed by atoms with Crippen molar-refractivity contribution in [2.75, 3.05) is 5.17 Å². The van der Waals surface area contributed by atoms with Gasteiger partial charge in [-0.15, -0.1) is 0 Å². The van der Waals surface area contributed by atoms with Gasteiger partial charge in [0.05, 0.1) is 16.9 Å². The number of pyridine rings is 1. The average Bonchev–Trinajstić information content (AvgIpc) is 2.53. The summed E-state index contributed by atoms with van der Waals surface area (Å²) < 4.78 is 0. The highest BCUT2D eigenvalue weighted by Crippen LogP contribution is 2.14. The molecule has 0 unspecified atom stereocenters. The second-order valence-electron chi connectivity index (χ2n) is 4.43. The minimum atomic E-state index is 0.330.